The van der Waals surface area contributed by atoms with Gasteiger partial charge in [0.25, 0.3) is 0 Å². The first kappa shape index (κ1) is 21.4. The number of sulfone groups is 1. The number of H-pyrrole nitrogens is 1. The molecule has 0 bridgehead atoms. The van der Waals surface area contributed by atoms with Crippen molar-refractivity contribution in [1.82, 2.24) is 10.3 Å². The fraction of sp³-hybridized carbons (Fsp3) is 0.375. The largest absolute Gasteiger partial charge is 0.378 e. The number of benzene rings is 2. The van der Waals surface area contributed by atoms with Crippen molar-refractivity contribution >= 4 is 32.3 Å². The monoisotopic (exact) mass is 439 g/mol. The first-order valence-electron chi connectivity index (χ1n) is 10.6. The number of aromatic amines is 1. The SMILES string of the molecule is CN(C)c1ccc([C@H](CNC(=O)C[C@@H]2CCS(=O)(=O)C2)c2c[nH]c3ccccc23)cc1. The van der Waals surface area contributed by atoms with Gasteiger partial charge in [0.15, 0.2) is 9.84 Å². The maximum absolute atomic E-state index is 12.6. The van der Waals surface area contributed by atoms with Gasteiger partial charge >= 0.3 is 0 Å². The standard InChI is InChI=1S/C24H29N3O3S/c1-27(2)19-9-7-18(8-10-19)21(22-15-25-23-6-4-3-5-20(22)23)14-26-24(28)13-17-11-12-31(29,30)16-17/h3-10,15,17,21,25H,11-14,16H2,1-2H3,(H,26,28)/t17-,21-/m0/s1. The molecule has 1 aromatic heterocycles. The smallest absolute Gasteiger partial charge is 0.220 e. The van der Waals surface area contributed by atoms with Crippen LogP contribution >= 0.6 is 0 Å². The Morgan fingerprint density at radius 3 is 2.58 bits per heavy atom. The molecular weight excluding hydrogens is 410 g/mol. The van der Waals surface area contributed by atoms with E-state index in [1.54, 1.807) is 0 Å². The van der Waals surface area contributed by atoms with E-state index in [-0.39, 0.29) is 35.7 Å². The van der Waals surface area contributed by atoms with Crippen molar-refractivity contribution in [2.24, 2.45) is 5.92 Å². The molecule has 1 amide bonds. The molecule has 1 aliphatic heterocycles. The molecule has 164 valence electrons. The summed E-state index contributed by atoms with van der Waals surface area (Å²) in [7, 11) is 1.04. The Morgan fingerprint density at radius 2 is 1.90 bits per heavy atom. The molecule has 1 fully saturated rings. The topological polar surface area (TPSA) is 82.3 Å². The highest BCUT2D eigenvalue weighted by Gasteiger charge is 2.29. The Bertz CT molecular complexity index is 1170. The Labute approximate surface area is 183 Å². The first-order chi connectivity index (χ1) is 14.8. The predicted octanol–water partition coefficient (Wildman–Crippen LogP) is 3.31. The summed E-state index contributed by atoms with van der Waals surface area (Å²) >= 11 is 0. The number of carbonyl (C=O) groups excluding carboxylic acids is 1. The summed E-state index contributed by atoms with van der Waals surface area (Å²) in [5, 5.41) is 4.21. The second-order valence-corrected chi connectivity index (χ2v) is 10.8. The van der Waals surface area contributed by atoms with Gasteiger partial charge < -0.3 is 15.2 Å². The van der Waals surface area contributed by atoms with Gasteiger partial charge in [0, 0.05) is 55.8 Å². The van der Waals surface area contributed by atoms with E-state index in [4.69, 9.17) is 0 Å². The number of rotatable bonds is 7. The van der Waals surface area contributed by atoms with Gasteiger partial charge in [-0.2, -0.15) is 0 Å². The van der Waals surface area contributed by atoms with E-state index < -0.39 is 9.84 Å². The fourth-order valence-corrected chi connectivity index (χ4v) is 6.24. The average Bonchev–Trinajstić information content (AvgIpc) is 3.31. The number of anilines is 1. The summed E-state index contributed by atoms with van der Waals surface area (Å²) in [6.45, 7) is 0.460. The quantitative estimate of drug-likeness (QED) is 0.592. The van der Waals surface area contributed by atoms with Crippen LogP contribution in [0.3, 0.4) is 0 Å². The van der Waals surface area contributed by atoms with Crippen LogP contribution in [0.4, 0.5) is 5.69 Å². The minimum Gasteiger partial charge on any atom is -0.378 e. The van der Waals surface area contributed by atoms with Gasteiger partial charge in [-0.1, -0.05) is 30.3 Å². The minimum atomic E-state index is -2.97. The van der Waals surface area contributed by atoms with Gasteiger partial charge in [-0.3, -0.25) is 4.79 Å². The van der Waals surface area contributed by atoms with Crippen LogP contribution in [0.15, 0.2) is 54.7 Å². The Balaban J connectivity index is 1.55. The van der Waals surface area contributed by atoms with Crippen molar-refractivity contribution in [2.45, 2.75) is 18.8 Å². The van der Waals surface area contributed by atoms with E-state index in [0.717, 1.165) is 27.7 Å². The van der Waals surface area contributed by atoms with Crippen LogP contribution in [0.1, 0.15) is 29.9 Å². The predicted molar refractivity (Wildman–Crippen MR) is 125 cm³/mol. The molecule has 2 atom stereocenters. The van der Waals surface area contributed by atoms with Crippen molar-refractivity contribution in [3.63, 3.8) is 0 Å². The molecule has 7 heteroatoms. The zero-order valence-electron chi connectivity index (χ0n) is 18.0. The molecule has 0 spiro atoms. The van der Waals surface area contributed by atoms with Gasteiger partial charge in [0.1, 0.15) is 0 Å². The normalized spacial score (nSPS) is 18.7. The Hall–Kier alpha value is -2.80. The van der Waals surface area contributed by atoms with Crippen LogP contribution in [0.25, 0.3) is 10.9 Å². The number of hydrogen-bond donors (Lipinski definition) is 2. The molecule has 0 aliphatic carbocycles. The summed E-state index contributed by atoms with van der Waals surface area (Å²) in [6.07, 6.45) is 2.86. The molecule has 6 nitrogen and oxygen atoms in total. The molecule has 2 heterocycles. The second-order valence-electron chi connectivity index (χ2n) is 8.61. The van der Waals surface area contributed by atoms with Gasteiger partial charge in [0.2, 0.25) is 5.91 Å². The molecule has 2 aromatic carbocycles. The van der Waals surface area contributed by atoms with Crippen LogP contribution in [0.2, 0.25) is 0 Å². The van der Waals surface area contributed by atoms with Crippen molar-refractivity contribution < 1.29 is 13.2 Å². The number of hydrogen-bond acceptors (Lipinski definition) is 4. The van der Waals surface area contributed by atoms with Crippen molar-refractivity contribution in [1.29, 1.82) is 0 Å². The van der Waals surface area contributed by atoms with Crippen LogP contribution < -0.4 is 10.2 Å². The average molecular weight is 440 g/mol. The number of fused-ring (bicyclic) bond motifs is 1. The molecule has 31 heavy (non-hydrogen) atoms. The molecule has 0 radical (unpaired) electrons. The third-order valence-electron chi connectivity index (χ3n) is 6.11. The van der Waals surface area contributed by atoms with E-state index in [2.05, 4.69) is 45.5 Å². The summed E-state index contributed by atoms with van der Waals surface area (Å²) in [4.78, 5) is 18.0. The lowest BCUT2D eigenvalue weighted by molar-refractivity contribution is -0.121. The maximum Gasteiger partial charge on any atom is 0.220 e. The number of nitrogens with one attached hydrogen (secondary N) is 2. The highest BCUT2D eigenvalue weighted by atomic mass is 32.2. The number of amides is 1. The Kier molecular flexibility index (Phi) is 6.05. The fourth-order valence-electron chi connectivity index (χ4n) is 4.38. The molecule has 2 N–H and O–H groups in total. The van der Waals surface area contributed by atoms with Crippen LogP contribution in [0, 0.1) is 5.92 Å². The van der Waals surface area contributed by atoms with Crippen molar-refractivity contribution in [3.8, 4) is 0 Å². The van der Waals surface area contributed by atoms with Crippen molar-refractivity contribution in [2.75, 3.05) is 37.0 Å². The summed E-state index contributed by atoms with van der Waals surface area (Å²) in [6, 6.07) is 16.5. The summed E-state index contributed by atoms with van der Waals surface area (Å²) in [5.74, 6) is 0.149. The van der Waals surface area contributed by atoms with E-state index >= 15 is 0 Å². The van der Waals surface area contributed by atoms with Crippen molar-refractivity contribution in [3.05, 3.63) is 65.9 Å². The number of para-hydroxylation sites is 1. The highest BCUT2D eigenvalue weighted by molar-refractivity contribution is 7.91. The number of carbonyl (C=O) groups is 1. The minimum absolute atomic E-state index is 0.0105. The van der Waals surface area contributed by atoms with Gasteiger partial charge in [-0.15, -0.1) is 0 Å². The maximum atomic E-state index is 12.6. The zero-order chi connectivity index (χ0) is 22.0. The summed E-state index contributed by atoms with van der Waals surface area (Å²) < 4.78 is 23.4. The van der Waals surface area contributed by atoms with E-state index in [9.17, 15) is 13.2 Å². The third kappa shape index (κ3) is 4.93. The number of nitrogens with zero attached hydrogens (tertiary/aromatic N) is 1. The van der Waals surface area contributed by atoms with E-state index in [1.807, 2.05) is 38.5 Å². The molecule has 4 rings (SSSR count). The molecule has 1 saturated heterocycles. The van der Waals surface area contributed by atoms with E-state index in [1.165, 1.54) is 0 Å². The molecule has 3 aromatic rings. The molecule has 0 saturated carbocycles. The zero-order valence-corrected chi connectivity index (χ0v) is 18.8. The van der Waals surface area contributed by atoms with Crippen LogP contribution in [-0.4, -0.2) is 51.5 Å². The first-order valence-corrected chi connectivity index (χ1v) is 12.4. The summed E-state index contributed by atoms with van der Waals surface area (Å²) in [5.41, 5.74) is 4.44. The van der Waals surface area contributed by atoms with Crippen LogP contribution in [-0.2, 0) is 14.6 Å². The highest BCUT2D eigenvalue weighted by Crippen LogP contribution is 2.31. The van der Waals surface area contributed by atoms with Gasteiger partial charge in [0.05, 0.1) is 11.5 Å². The molecule has 1 aliphatic rings. The lowest BCUT2D eigenvalue weighted by Crippen LogP contribution is -2.30. The third-order valence-corrected chi connectivity index (χ3v) is 7.95. The van der Waals surface area contributed by atoms with Gasteiger partial charge in [-0.05, 0) is 41.7 Å². The Morgan fingerprint density at radius 1 is 1.16 bits per heavy atom. The van der Waals surface area contributed by atoms with Gasteiger partial charge in [-0.25, -0.2) is 8.42 Å². The molecular formula is C24H29N3O3S. The second kappa shape index (κ2) is 8.75. The lowest BCUT2D eigenvalue weighted by atomic mass is 9.90. The number of aromatic nitrogens is 1. The lowest BCUT2D eigenvalue weighted by Gasteiger charge is -2.20. The van der Waals surface area contributed by atoms with E-state index in [0.29, 0.717) is 13.0 Å². The van der Waals surface area contributed by atoms with Crippen LogP contribution in [0.5, 0.6) is 0 Å². The molecule has 0 unspecified atom stereocenters.